The van der Waals surface area contributed by atoms with Gasteiger partial charge in [0.25, 0.3) is 0 Å². The van der Waals surface area contributed by atoms with Crippen LogP contribution in [-0.4, -0.2) is 34.9 Å². The van der Waals surface area contributed by atoms with Crippen LogP contribution in [0, 0.1) is 0 Å². The first-order valence-electron chi connectivity index (χ1n) is 7.84. The van der Waals surface area contributed by atoms with Crippen molar-refractivity contribution in [3.63, 3.8) is 0 Å². The van der Waals surface area contributed by atoms with Crippen molar-refractivity contribution >= 4 is 22.5 Å². The van der Waals surface area contributed by atoms with Gasteiger partial charge in [0.2, 0.25) is 0 Å². The van der Waals surface area contributed by atoms with Gasteiger partial charge in [0, 0.05) is 18.7 Å². The maximum atomic E-state index is 11.9. The number of piperidine rings is 1. The SMILES string of the molecule is O=C(O)C1C(=NN2CCCCC2)c2cccc3cccc1c23. The van der Waals surface area contributed by atoms with Gasteiger partial charge in [0.1, 0.15) is 5.92 Å². The Morgan fingerprint density at radius 3 is 2.55 bits per heavy atom. The smallest absolute Gasteiger partial charge is 0.317 e. The Balaban J connectivity index is 1.89. The lowest BCUT2D eigenvalue weighted by Gasteiger charge is -2.25. The number of rotatable bonds is 2. The highest BCUT2D eigenvalue weighted by atomic mass is 16.4. The Kier molecular flexibility index (Phi) is 3.10. The monoisotopic (exact) mass is 294 g/mol. The Morgan fingerprint density at radius 2 is 1.82 bits per heavy atom. The molecule has 1 unspecified atom stereocenters. The molecule has 22 heavy (non-hydrogen) atoms. The summed E-state index contributed by atoms with van der Waals surface area (Å²) in [6.07, 6.45) is 3.50. The number of hydrazone groups is 1. The van der Waals surface area contributed by atoms with E-state index in [1.807, 2.05) is 41.4 Å². The van der Waals surface area contributed by atoms with Crippen LogP contribution < -0.4 is 0 Å². The molecule has 2 aromatic carbocycles. The van der Waals surface area contributed by atoms with Crippen molar-refractivity contribution < 1.29 is 9.90 Å². The average molecular weight is 294 g/mol. The van der Waals surface area contributed by atoms with Crippen molar-refractivity contribution in [1.82, 2.24) is 5.01 Å². The molecule has 1 heterocycles. The third-order valence-corrected chi connectivity index (χ3v) is 4.63. The number of hydrogen-bond donors (Lipinski definition) is 1. The highest BCUT2D eigenvalue weighted by Crippen LogP contribution is 2.39. The second kappa shape index (κ2) is 5.13. The topological polar surface area (TPSA) is 52.9 Å². The molecule has 1 fully saturated rings. The molecule has 0 aromatic heterocycles. The molecule has 1 atom stereocenters. The molecule has 4 nitrogen and oxygen atoms in total. The van der Waals surface area contributed by atoms with Crippen LogP contribution in [0.4, 0.5) is 0 Å². The summed E-state index contributed by atoms with van der Waals surface area (Å²) >= 11 is 0. The summed E-state index contributed by atoms with van der Waals surface area (Å²) < 4.78 is 0. The van der Waals surface area contributed by atoms with Crippen LogP contribution in [0.3, 0.4) is 0 Å². The number of carboxylic acid groups (broad SMARTS) is 1. The predicted octanol–water partition coefficient (Wildman–Crippen LogP) is 3.21. The zero-order valence-electron chi connectivity index (χ0n) is 12.3. The summed E-state index contributed by atoms with van der Waals surface area (Å²) in [5.74, 6) is -1.47. The van der Waals surface area contributed by atoms with E-state index < -0.39 is 11.9 Å². The predicted molar refractivity (Wildman–Crippen MR) is 86.3 cm³/mol. The van der Waals surface area contributed by atoms with Gasteiger partial charge >= 0.3 is 5.97 Å². The summed E-state index contributed by atoms with van der Waals surface area (Å²) in [6.45, 7) is 1.84. The van der Waals surface area contributed by atoms with Crippen LogP contribution in [-0.2, 0) is 4.79 Å². The third kappa shape index (κ3) is 1.98. The van der Waals surface area contributed by atoms with Crippen LogP contribution in [0.5, 0.6) is 0 Å². The average Bonchev–Trinajstić information content (AvgIpc) is 2.85. The molecule has 1 aliphatic heterocycles. The Hall–Kier alpha value is -2.36. The molecule has 0 spiro atoms. The van der Waals surface area contributed by atoms with Crippen molar-refractivity contribution in [3.05, 3.63) is 47.5 Å². The van der Waals surface area contributed by atoms with E-state index in [2.05, 4.69) is 0 Å². The number of aliphatic carboxylic acids is 1. The Labute approximate surface area is 129 Å². The largest absolute Gasteiger partial charge is 0.480 e. The van der Waals surface area contributed by atoms with Crippen LogP contribution in [0.15, 0.2) is 41.5 Å². The number of carboxylic acids is 1. The zero-order valence-corrected chi connectivity index (χ0v) is 12.3. The van der Waals surface area contributed by atoms with E-state index in [-0.39, 0.29) is 0 Å². The van der Waals surface area contributed by atoms with E-state index in [9.17, 15) is 9.90 Å². The van der Waals surface area contributed by atoms with Gasteiger partial charge in [-0.15, -0.1) is 0 Å². The van der Waals surface area contributed by atoms with Crippen molar-refractivity contribution in [2.45, 2.75) is 25.2 Å². The van der Waals surface area contributed by atoms with Crippen molar-refractivity contribution in [2.75, 3.05) is 13.1 Å². The molecule has 2 aliphatic rings. The van der Waals surface area contributed by atoms with E-state index in [1.54, 1.807) is 0 Å². The van der Waals surface area contributed by atoms with Crippen LogP contribution in [0.2, 0.25) is 0 Å². The number of hydrogen-bond acceptors (Lipinski definition) is 3. The summed E-state index contributed by atoms with van der Waals surface area (Å²) in [5, 5.41) is 18.7. The molecule has 0 bridgehead atoms. The first-order chi connectivity index (χ1) is 10.8. The van der Waals surface area contributed by atoms with Crippen molar-refractivity contribution in [3.8, 4) is 0 Å². The van der Waals surface area contributed by atoms with E-state index >= 15 is 0 Å². The molecule has 4 rings (SSSR count). The van der Waals surface area contributed by atoms with Gasteiger partial charge < -0.3 is 5.11 Å². The van der Waals surface area contributed by atoms with Gasteiger partial charge in [0.15, 0.2) is 0 Å². The molecule has 112 valence electrons. The Bertz CT molecular complexity index is 771. The minimum Gasteiger partial charge on any atom is -0.480 e. The maximum Gasteiger partial charge on any atom is 0.317 e. The van der Waals surface area contributed by atoms with E-state index in [1.165, 1.54) is 6.42 Å². The van der Waals surface area contributed by atoms with E-state index in [0.717, 1.165) is 47.8 Å². The van der Waals surface area contributed by atoms with Gasteiger partial charge in [-0.1, -0.05) is 36.4 Å². The second-order valence-corrected chi connectivity index (χ2v) is 6.02. The zero-order chi connectivity index (χ0) is 15.1. The first-order valence-corrected chi connectivity index (χ1v) is 7.84. The van der Waals surface area contributed by atoms with Gasteiger partial charge in [-0.25, -0.2) is 0 Å². The molecule has 0 amide bonds. The lowest BCUT2D eigenvalue weighted by molar-refractivity contribution is -0.137. The molecule has 2 aromatic rings. The standard InChI is InChI=1S/C18H18N2O2/c21-18(22)16-13-8-4-6-12-7-5-9-14(15(12)13)17(16)19-20-10-2-1-3-11-20/h4-9,16H,1-3,10-11H2,(H,21,22). The lowest BCUT2D eigenvalue weighted by atomic mass is 9.99. The molecule has 0 saturated carbocycles. The molecular formula is C18H18N2O2. The summed E-state index contributed by atoms with van der Waals surface area (Å²) in [6, 6.07) is 11.9. The third-order valence-electron chi connectivity index (χ3n) is 4.63. The van der Waals surface area contributed by atoms with Gasteiger partial charge in [-0.2, -0.15) is 5.10 Å². The molecule has 1 saturated heterocycles. The van der Waals surface area contributed by atoms with E-state index in [0.29, 0.717) is 5.71 Å². The number of nitrogens with zero attached hydrogens (tertiary/aromatic N) is 2. The fourth-order valence-corrected chi connectivity index (χ4v) is 3.62. The van der Waals surface area contributed by atoms with Crippen LogP contribution >= 0.6 is 0 Å². The fraction of sp³-hybridized carbons (Fsp3) is 0.333. The first kappa shape index (κ1) is 13.3. The molecule has 1 N–H and O–H groups in total. The fourth-order valence-electron chi connectivity index (χ4n) is 3.62. The normalized spacial score (nSPS) is 22.5. The van der Waals surface area contributed by atoms with E-state index in [4.69, 9.17) is 5.10 Å². The molecular weight excluding hydrogens is 276 g/mol. The maximum absolute atomic E-state index is 11.9. The number of benzene rings is 2. The second-order valence-electron chi connectivity index (χ2n) is 6.02. The van der Waals surface area contributed by atoms with Crippen LogP contribution in [0.25, 0.3) is 10.8 Å². The van der Waals surface area contributed by atoms with Crippen LogP contribution in [0.1, 0.15) is 36.3 Å². The molecule has 1 aliphatic carbocycles. The van der Waals surface area contributed by atoms with Crippen molar-refractivity contribution in [2.24, 2.45) is 5.10 Å². The summed E-state index contributed by atoms with van der Waals surface area (Å²) in [5.41, 5.74) is 2.55. The van der Waals surface area contributed by atoms with Crippen molar-refractivity contribution in [1.29, 1.82) is 0 Å². The summed E-state index contributed by atoms with van der Waals surface area (Å²) in [7, 11) is 0. The van der Waals surface area contributed by atoms with Gasteiger partial charge in [-0.3, -0.25) is 9.80 Å². The molecule has 0 radical (unpaired) electrons. The van der Waals surface area contributed by atoms with Gasteiger partial charge in [0.05, 0.1) is 5.71 Å². The lowest BCUT2D eigenvalue weighted by Crippen LogP contribution is -2.28. The Morgan fingerprint density at radius 1 is 1.09 bits per heavy atom. The number of carbonyl (C=O) groups is 1. The highest BCUT2D eigenvalue weighted by Gasteiger charge is 2.36. The quantitative estimate of drug-likeness (QED) is 0.925. The summed E-state index contributed by atoms with van der Waals surface area (Å²) in [4.78, 5) is 11.9. The molecule has 4 heteroatoms. The minimum absolute atomic E-state index is 0.650. The highest BCUT2D eigenvalue weighted by molar-refractivity contribution is 6.27. The van der Waals surface area contributed by atoms with Gasteiger partial charge in [-0.05, 0) is 35.6 Å². The minimum atomic E-state index is -0.820.